The number of hydrogen-bond acceptors (Lipinski definition) is 4. The molecule has 1 aliphatic heterocycles. The molecule has 2 amide bonds. The van der Waals surface area contributed by atoms with Crippen LogP contribution in [0.1, 0.15) is 48.9 Å². The van der Waals surface area contributed by atoms with Crippen LogP contribution in [-0.2, 0) is 22.7 Å². The lowest BCUT2D eigenvalue weighted by Crippen LogP contribution is -2.35. The minimum absolute atomic E-state index is 0.0376. The molecule has 7 nitrogen and oxygen atoms in total. The molecule has 2 unspecified atom stereocenters. The Bertz CT molecular complexity index is 1100. The molecule has 2 aromatic carbocycles. The van der Waals surface area contributed by atoms with E-state index in [0.717, 1.165) is 35.3 Å². The number of rotatable bonds is 10. The van der Waals surface area contributed by atoms with Gasteiger partial charge in [0.15, 0.2) is 0 Å². The van der Waals surface area contributed by atoms with E-state index in [4.69, 9.17) is 4.74 Å². The first-order chi connectivity index (χ1) is 16.6. The van der Waals surface area contributed by atoms with Crippen molar-refractivity contribution < 1.29 is 14.3 Å². The van der Waals surface area contributed by atoms with Gasteiger partial charge in [-0.25, -0.2) is 0 Å². The Hall–Kier alpha value is -3.61. The second-order valence-corrected chi connectivity index (χ2v) is 8.71. The number of carbonyl (C=O) groups is 2. The molecule has 34 heavy (non-hydrogen) atoms. The maximum absolute atomic E-state index is 13.3. The molecule has 1 fully saturated rings. The number of likely N-dealkylation sites (tertiary alicyclic amines) is 1. The van der Waals surface area contributed by atoms with E-state index in [2.05, 4.69) is 23.4 Å². The Morgan fingerprint density at radius 2 is 1.94 bits per heavy atom. The van der Waals surface area contributed by atoms with Crippen molar-refractivity contribution in [3.8, 4) is 5.75 Å². The molecule has 1 N–H and O–H groups in total. The van der Waals surface area contributed by atoms with E-state index in [1.54, 1.807) is 13.3 Å². The Kier molecular flexibility index (Phi) is 7.62. The summed E-state index contributed by atoms with van der Waals surface area (Å²) in [6.07, 6.45) is 5.82. The largest absolute Gasteiger partial charge is 0.497 e. The van der Waals surface area contributed by atoms with Crippen LogP contribution in [0.4, 0.5) is 0 Å². The topological polar surface area (TPSA) is 76.5 Å². The van der Waals surface area contributed by atoms with Gasteiger partial charge in [-0.05, 0) is 41.3 Å². The third-order valence-electron chi connectivity index (χ3n) is 6.34. The van der Waals surface area contributed by atoms with Gasteiger partial charge in [0.1, 0.15) is 5.75 Å². The number of amides is 2. The van der Waals surface area contributed by atoms with Crippen molar-refractivity contribution in [2.24, 2.45) is 5.92 Å². The molecule has 178 valence electrons. The first-order valence-electron chi connectivity index (χ1n) is 11.9. The van der Waals surface area contributed by atoms with Gasteiger partial charge in [-0.2, -0.15) is 5.10 Å². The first-order valence-corrected chi connectivity index (χ1v) is 11.9. The van der Waals surface area contributed by atoms with E-state index in [0.29, 0.717) is 19.6 Å². The number of aromatic nitrogens is 2. The number of nitrogens with one attached hydrogen (secondary N) is 1. The molecule has 1 saturated heterocycles. The molecule has 3 aromatic rings. The van der Waals surface area contributed by atoms with E-state index in [-0.39, 0.29) is 24.3 Å². The highest BCUT2D eigenvalue weighted by molar-refractivity contribution is 5.90. The summed E-state index contributed by atoms with van der Waals surface area (Å²) >= 11 is 0. The normalized spacial score (nSPS) is 17.7. The van der Waals surface area contributed by atoms with E-state index in [1.165, 1.54) is 0 Å². The van der Waals surface area contributed by atoms with Gasteiger partial charge in [-0.3, -0.25) is 14.3 Å². The van der Waals surface area contributed by atoms with Crippen molar-refractivity contribution in [2.75, 3.05) is 13.7 Å². The fraction of sp³-hybridized carbons (Fsp3) is 0.370. The highest BCUT2D eigenvalue weighted by atomic mass is 16.5. The Morgan fingerprint density at radius 1 is 1.15 bits per heavy atom. The smallest absolute Gasteiger partial charge is 0.226 e. The van der Waals surface area contributed by atoms with Crippen LogP contribution >= 0.6 is 0 Å². The maximum Gasteiger partial charge on any atom is 0.226 e. The van der Waals surface area contributed by atoms with Gasteiger partial charge < -0.3 is 15.0 Å². The molecule has 0 radical (unpaired) electrons. The lowest BCUT2D eigenvalue weighted by Gasteiger charge is -2.28. The number of unbranched alkanes of at least 4 members (excludes halogenated alkanes) is 1. The number of benzene rings is 2. The van der Waals surface area contributed by atoms with E-state index >= 15 is 0 Å². The number of hydrogen-bond donors (Lipinski definition) is 1. The van der Waals surface area contributed by atoms with Gasteiger partial charge in [0, 0.05) is 31.9 Å². The molecule has 0 bridgehead atoms. The summed E-state index contributed by atoms with van der Waals surface area (Å²) in [5.74, 6) is 0.274. The highest BCUT2D eigenvalue weighted by Crippen LogP contribution is 2.39. The zero-order valence-electron chi connectivity index (χ0n) is 19.8. The monoisotopic (exact) mass is 460 g/mol. The van der Waals surface area contributed by atoms with Gasteiger partial charge in [0.05, 0.1) is 25.6 Å². The highest BCUT2D eigenvalue weighted by Gasteiger charge is 2.44. The summed E-state index contributed by atoms with van der Waals surface area (Å²) in [6, 6.07) is 17.4. The maximum atomic E-state index is 13.3. The van der Waals surface area contributed by atoms with Crippen LogP contribution in [0.15, 0.2) is 67.0 Å². The Balaban J connectivity index is 1.47. The van der Waals surface area contributed by atoms with Crippen molar-refractivity contribution in [1.29, 1.82) is 0 Å². The summed E-state index contributed by atoms with van der Waals surface area (Å²) in [7, 11) is 1.63. The lowest BCUT2D eigenvalue weighted by molar-refractivity contribution is -0.129. The van der Waals surface area contributed by atoms with Crippen molar-refractivity contribution in [3.63, 3.8) is 0 Å². The van der Waals surface area contributed by atoms with Gasteiger partial charge in [-0.1, -0.05) is 49.7 Å². The molecule has 2 atom stereocenters. The van der Waals surface area contributed by atoms with Crippen LogP contribution in [0.3, 0.4) is 0 Å². The lowest BCUT2D eigenvalue weighted by atomic mass is 9.92. The average Bonchev–Trinajstić information content (AvgIpc) is 3.49. The third kappa shape index (κ3) is 5.47. The third-order valence-corrected chi connectivity index (χ3v) is 6.34. The summed E-state index contributed by atoms with van der Waals surface area (Å²) in [5, 5.41) is 7.34. The molecule has 0 saturated carbocycles. The van der Waals surface area contributed by atoms with Gasteiger partial charge in [0.25, 0.3) is 0 Å². The van der Waals surface area contributed by atoms with Crippen LogP contribution in [0.25, 0.3) is 0 Å². The van der Waals surface area contributed by atoms with E-state index in [9.17, 15) is 9.59 Å². The standard InChI is InChI=1S/C27H32N4O3/c1-3-4-15-31-25(32)17-24(26(31)22-9-11-23(34-2)12-10-22)27(33)28-18-20-7-5-8-21(16-20)19-30-14-6-13-29-30/h5-14,16,24,26H,3-4,15,17-19H2,1-2H3,(H,28,33). The zero-order valence-corrected chi connectivity index (χ0v) is 19.8. The molecule has 1 aromatic heterocycles. The molecule has 7 heteroatoms. The SMILES string of the molecule is CCCCN1C(=O)CC(C(=O)NCc2cccc(Cn3cccn3)c2)C1c1ccc(OC)cc1. The van der Waals surface area contributed by atoms with E-state index < -0.39 is 5.92 Å². The predicted molar refractivity (Wildman–Crippen MR) is 130 cm³/mol. The van der Waals surface area contributed by atoms with E-state index in [1.807, 2.05) is 64.3 Å². The van der Waals surface area contributed by atoms with Gasteiger partial charge in [0.2, 0.25) is 11.8 Å². The van der Waals surface area contributed by atoms with Crippen LogP contribution in [0.5, 0.6) is 5.75 Å². The molecule has 0 spiro atoms. The molecular weight excluding hydrogens is 428 g/mol. The van der Waals surface area contributed by atoms with Crippen LogP contribution in [-0.4, -0.2) is 40.1 Å². The van der Waals surface area contributed by atoms with Crippen molar-refractivity contribution in [1.82, 2.24) is 20.0 Å². The van der Waals surface area contributed by atoms with Crippen molar-refractivity contribution in [3.05, 3.63) is 83.7 Å². The van der Waals surface area contributed by atoms with Crippen LogP contribution in [0.2, 0.25) is 0 Å². The second kappa shape index (κ2) is 11.0. The fourth-order valence-corrected chi connectivity index (χ4v) is 4.57. The molecule has 4 rings (SSSR count). The summed E-state index contributed by atoms with van der Waals surface area (Å²) in [5.41, 5.74) is 3.10. The quantitative estimate of drug-likeness (QED) is 0.497. The molecule has 2 heterocycles. The fourth-order valence-electron chi connectivity index (χ4n) is 4.57. The number of ether oxygens (including phenoxy) is 1. The minimum Gasteiger partial charge on any atom is -0.497 e. The summed E-state index contributed by atoms with van der Waals surface area (Å²) in [4.78, 5) is 28.1. The minimum atomic E-state index is -0.426. The Morgan fingerprint density at radius 3 is 2.65 bits per heavy atom. The zero-order chi connectivity index (χ0) is 23.9. The second-order valence-electron chi connectivity index (χ2n) is 8.71. The number of methoxy groups -OCH3 is 1. The van der Waals surface area contributed by atoms with Crippen LogP contribution < -0.4 is 10.1 Å². The summed E-state index contributed by atoms with van der Waals surface area (Å²) < 4.78 is 7.15. The van der Waals surface area contributed by atoms with Crippen molar-refractivity contribution in [2.45, 2.75) is 45.3 Å². The van der Waals surface area contributed by atoms with Gasteiger partial charge >= 0.3 is 0 Å². The molecular formula is C27H32N4O3. The van der Waals surface area contributed by atoms with Gasteiger partial charge in [-0.15, -0.1) is 0 Å². The first kappa shape index (κ1) is 23.5. The van der Waals surface area contributed by atoms with Crippen molar-refractivity contribution >= 4 is 11.8 Å². The Labute approximate surface area is 200 Å². The molecule has 0 aliphatic carbocycles. The predicted octanol–water partition coefficient (Wildman–Crippen LogP) is 3.95. The number of carbonyl (C=O) groups excluding carboxylic acids is 2. The number of nitrogens with zero attached hydrogens (tertiary/aromatic N) is 3. The summed E-state index contributed by atoms with van der Waals surface area (Å²) in [6.45, 7) is 3.86. The van der Waals surface area contributed by atoms with Crippen LogP contribution in [0, 0.1) is 5.92 Å². The average molecular weight is 461 g/mol. The molecule has 1 aliphatic rings.